The SMILES string of the molecule is CCNC(=NCc1ccc(S(=O)(=O)N(C)C(C)C)cc1)NCc1ccccn1.I. The van der Waals surface area contributed by atoms with Gasteiger partial charge in [-0.2, -0.15) is 4.31 Å². The Bertz CT molecular complexity index is 872. The zero-order chi connectivity index (χ0) is 20.6. The minimum Gasteiger partial charge on any atom is -0.357 e. The molecule has 2 aromatic rings. The molecule has 0 amide bonds. The summed E-state index contributed by atoms with van der Waals surface area (Å²) in [7, 11) is -1.88. The lowest BCUT2D eigenvalue weighted by atomic mass is 10.2. The van der Waals surface area contributed by atoms with Crippen LogP contribution in [0.1, 0.15) is 32.0 Å². The number of pyridine rings is 1. The van der Waals surface area contributed by atoms with Crippen molar-refractivity contribution in [3.8, 4) is 0 Å². The summed E-state index contributed by atoms with van der Waals surface area (Å²) in [6, 6.07) is 12.5. The van der Waals surface area contributed by atoms with Crippen LogP contribution in [0.15, 0.2) is 58.5 Å². The fraction of sp³-hybridized carbons (Fsp3) is 0.400. The number of aliphatic imine (C=N–C) groups is 1. The minimum absolute atomic E-state index is 0. The number of sulfonamides is 1. The summed E-state index contributed by atoms with van der Waals surface area (Å²) in [5.74, 6) is 0.685. The van der Waals surface area contributed by atoms with Crippen LogP contribution in [0.3, 0.4) is 0 Å². The predicted octanol–water partition coefficient (Wildman–Crippen LogP) is 2.98. The van der Waals surface area contributed by atoms with E-state index in [0.29, 0.717) is 19.0 Å². The number of nitrogens with one attached hydrogen (secondary N) is 2. The summed E-state index contributed by atoms with van der Waals surface area (Å²) in [6.07, 6.45) is 1.76. The summed E-state index contributed by atoms with van der Waals surface area (Å²) in [4.78, 5) is 9.13. The first-order chi connectivity index (χ1) is 13.3. The van der Waals surface area contributed by atoms with E-state index in [1.54, 1.807) is 37.5 Å². The molecular weight excluding hydrogens is 501 g/mol. The van der Waals surface area contributed by atoms with Gasteiger partial charge in [-0.05, 0) is 50.6 Å². The quantitative estimate of drug-likeness (QED) is 0.311. The second-order valence-electron chi connectivity index (χ2n) is 6.63. The fourth-order valence-electron chi connectivity index (χ4n) is 2.40. The number of hydrogen-bond acceptors (Lipinski definition) is 4. The van der Waals surface area contributed by atoms with E-state index in [1.165, 1.54) is 4.31 Å². The average molecular weight is 531 g/mol. The lowest BCUT2D eigenvalue weighted by Crippen LogP contribution is -2.37. The lowest BCUT2D eigenvalue weighted by Gasteiger charge is -2.21. The van der Waals surface area contributed by atoms with Crippen molar-refractivity contribution in [2.75, 3.05) is 13.6 Å². The Morgan fingerprint density at radius 1 is 1.14 bits per heavy atom. The first-order valence-corrected chi connectivity index (χ1v) is 10.8. The molecule has 0 saturated carbocycles. The van der Waals surface area contributed by atoms with Gasteiger partial charge in [-0.3, -0.25) is 4.98 Å². The molecule has 1 aromatic heterocycles. The highest BCUT2D eigenvalue weighted by Crippen LogP contribution is 2.17. The highest BCUT2D eigenvalue weighted by atomic mass is 127. The van der Waals surface area contributed by atoms with Gasteiger partial charge in [-0.25, -0.2) is 13.4 Å². The third kappa shape index (κ3) is 7.56. The number of benzene rings is 1. The van der Waals surface area contributed by atoms with Crippen molar-refractivity contribution in [1.29, 1.82) is 0 Å². The first-order valence-electron chi connectivity index (χ1n) is 9.33. The van der Waals surface area contributed by atoms with Gasteiger partial charge >= 0.3 is 0 Å². The maximum absolute atomic E-state index is 12.5. The Morgan fingerprint density at radius 2 is 1.83 bits per heavy atom. The summed E-state index contributed by atoms with van der Waals surface area (Å²) in [6.45, 7) is 7.46. The van der Waals surface area contributed by atoms with E-state index in [1.807, 2.05) is 39.0 Å². The van der Waals surface area contributed by atoms with E-state index >= 15 is 0 Å². The van der Waals surface area contributed by atoms with Crippen molar-refractivity contribution in [2.45, 2.75) is 44.8 Å². The third-order valence-corrected chi connectivity index (χ3v) is 6.30. The van der Waals surface area contributed by atoms with Crippen molar-refractivity contribution in [2.24, 2.45) is 4.99 Å². The zero-order valence-electron chi connectivity index (χ0n) is 17.3. The Morgan fingerprint density at radius 3 is 2.38 bits per heavy atom. The molecule has 0 aliphatic heterocycles. The topological polar surface area (TPSA) is 86.7 Å². The molecule has 0 fully saturated rings. The second kappa shape index (κ2) is 12.1. The van der Waals surface area contributed by atoms with Gasteiger partial charge in [0.2, 0.25) is 10.0 Å². The molecule has 1 heterocycles. The molecule has 7 nitrogen and oxygen atoms in total. The van der Waals surface area contributed by atoms with E-state index in [4.69, 9.17) is 0 Å². The molecule has 0 bridgehead atoms. The zero-order valence-corrected chi connectivity index (χ0v) is 20.4. The second-order valence-corrected chi connectivity index (χ2v) is 8.63. The van der Waals surface area contributed by atoms with Crippen LogP contribution in [-0.2, 0) is 23.1 Å². The Hall–Kier alpha value is -1.72. The molecular formula is C20H30IN5O2S. The van der Waals surface area contributed by atoms with Crippen LogP contribution in [0, 0.1) is 0 Å². The standard InChI is InChI=1S/C20H29N5O2S.HI/c1-5-21-20(24-15-18-8-6-7-13-22-18)23-14-17-9-11-19(12-10-17)28(26,27)25(4)16(2)3;/h6-13,16H,5,14-15H2,1-4H3,(H2,21,23,24);1H. The van der Waals surface area contributed by atoms with E-state index in [0.717, 1.165) is 17.8 Å². The van der Waals surface area contributed by atoms with Crippen molar-refractivity contribution in [3.63, 3.8) is 0 Å². The largest absolute Gasteiger partial charge is 0.357 e. The number of halogens is 1. The van der Waals surface area contributed by atoms with Crippen LogP contribution in [-0.4, -0.2) is 43.3 Å². The van der Waals surface area contributed by atoms with Gasteiger partial charge in [-0.15, -0.1) is 24.0 Å². The molecule has 0 aliphatic rings. The van der Waals surface area contributed by atoms with E-state index in [9.17, 15) is 8.42 Å². The Balaban J connectivity index is 0.00000420. The van der Waals surface area contributed by atoms with Gasteiger partial charge in [0.1, 0.15) is 0 Å². The smallest absolute Gasteiger partial charge is 0.243 e. The molecule has 0 unspecified atom stereocenters. The summed E-state index contributed by atoms with van der Waals surface area (Å²) in [5.41, 5.74) is 1.86. The molecule has 160 valence electrons. The van der Waals surface area contributed by atoms with Gasteiger partial charge in [-0.1, -0.05) is 18.2 Å². The molecule has 0 saturated heterocycles. The summed E-state index contributed by atoms with van der Waals surface area (Å²) < 4.78 is 26.4. The number of rotatable bonds is 8. The van der Waals surface area contributed by atoms with Crippen molar-refractivity contribution < 1.29 is 8.42 Å². The van der Waals surface area contributed by atoms with Crippen LogP contribution < -0.4 is 10.6 Å². The molecule has 9 heteroatoms. The lowest BCUT2D eigenvalue weighted by molar-refractivity contribution is 0.410. The van der Waals surface area contributed by atoms with Crippen LogP contribution in [0.25, 0.3) is 0 Å². The van der Waals surface area contributed by atoms with Gasteiger partial charge < -0.3 is 10.6 Å². The summed E-state index contributed by atoms with van der Waals surface area (Å²) in [5, 5.41) is 6.44. The van der Waals surface area contributed by atoms with Gasteiger partial charge in [0, 0.05) is 25.8 Å². The highest BCUT2D eigenvalue weighted by Gasteiger charge is 2.22. The van der Waals surface area contributed by atoms with Crippen molar-refractivity contribution >= 4 is 40.0 Å². The normalized spacial score (nSPS) is 12.0. The molecule has 29 heavy (non-hydrogen) atoms. The third-order valence-electron chi connectivity index (χ3n) is 4.25. The molecule has 2 N–H and O–H groups in total. The fourth-order valence-corrected chi connectivity index (χ4v) is 3.77. The number of aromatic nitrogens is 1. The van der Waals surface area contributed by atoms with Gasteiger partial charge in [0.15, 0.2) is 5.96 Å². The monoisotopic (exact) mass is 531 g/mol. The molecule has 0 aliphatic carbocycles. The van der Waals surface area contributed by atoms with Gasteiger partial charge in [0.05, 0.1) is 23.7 Å². The highest BCUT2D eigenvalue weighted by molar-refractivity contribution is 14.0. The van der Waals surface area contributed by atoms with Crippen LogP contribution in [0.5, 0.6) is 0 Å². The van der Waals surface area contributed by atoms with Crippen molar-refractivity contribution in [1.82, 2.24) is 19.9 Å². The van der Waals surface area contributed by atoms with Crippen LogP contribution in [0.2, 0.25) is 0 Å². The van der Waals surface area contributed by atoms with Crippen molar-refractivity contribution in [3.05, 3.63) is 59.9 Å². The van der Waals surface area contributed by atoms with E-state index in [-0.39, 0.29) is 34.9 Å². The number of guanidine groups is 1. The maximum Gasteiger partial charge on any atom is 0.243 e. The Labute approximate surface area is 191 Å². The van der Waals surface area contributed by atoms with Crippen LogP contribution in [0.4, 0.5) is 0 Å². The molecule has 0 spiro atoms. The minimum atomic E-state index is -3.47. The molecule has 1 aromatic carbocycles. The molecule has 0 radical (unpaired) electrons. The summed E-state index contributed by atoms with van der Waals surface area (Å²) >= 11 is 0. The molecule has 2 rings (SSSR count). The maximum atomic E-state index is 12.5. The van der Waals surface area contributed by atoms with E-state index in [2.05, 4.69) is 20.6 Å². The number of hydrogen-bond donors (Lipinski definition) is 2. The number of nitrogens with zero attached hydrogens (tertiary/aromatic N) is 3. The van der Waals surface area contributed by atoms with Gasteiger partial charge in [0.25, 0.3) is 0 Å². The average Bonchev–Trinajstić information content (AvgIpc) is 2.70. The van der Waals surface area contributed by atoms with Crippen LogP contribution >= 0.6 is 24.0 Å². The molecule has 0 atom stereocenters. The Kier molecular flexibility index (Phi) is 10.5. The first kappa shape index (κ1) is 25.3. The predicted molar refractivity (Wildman–Crippen MR) is 128 cm³/mol. The van der Waals surface area contributed by atoms with E-state index < -0.39 is 10.0 Å².